The van der Waals surface area contributed by atoms with E-state index in [2.05, 4.69) is 31.1 Å². The number of ether oxygens (including phenoxy) is 1. The topological polar surface area (TPSA) is 94.3 Å². The van der Waals surface area contributed by atoms with Crippen molar-refractivity contribution in [2.45, 2.75) is 26.1 Å². The summed E-state index contributed by atoms with van der Waals surface area (Å²) in [5, 5.41) is 13.3. The summed E-state index contributed by atoms with van der Waals surface area (Å²) in [4.78, 5) is 23.6. The fourth-order valence-corrected chi connectivity index (χ4v) is 4.34. The molecule has 0 radical (unpaired) electrons. The number of morpholine rings is 1. The molecule has 1 aromatic carbocycles. The largest absolute Gasteiger partial charge is 0.447 e. The van der Waals surface area contributed by atoms with Gasteiger partial charge in [-0.2, -0.15) is 0 Å². The molecule has 0 saturated carbocycles. The number of rotatable bonds is 9. The number of aliphatic hydroxyl groups excluding tert-OH is 1. The van der Waals surface area contributed by atoms with Gasteiger partial charge in [0.2, 0.25) is 5.89 Å². The van der Waals surface area contributed by atoms with E-state index in [1.54, 1.807) is 0 Å². The Morgan fingerprint density at radius 1 is 1.09 bits per heavy atom. The highest BCUT2D eigenvalue weighted by Crippen LogP contribution is 2.11. The lowest BCUT2D eigenvalue weighted by Gasteiger charge is -2.36. The van der Waals surface area contributed by atoms with Crippen molar-refractivity contribution in [3.05, 3.63) is 53.2 Å². The highest BCUT2D eigenvalue weighted by atomic mass is 16.5. The van der Waals surface area contributed by atoms with Gasteiger partial charge in [0.05, 0.1) is 25.9 Å². The van der Waals surface area contributed by atoms with Crippen molar-refractivity contribution < 1.29 is 19.1 Å². The summed E-state index contributed by atoms with van der Waals surface area (Å²) >= 11 is 0. The Morgan fingerprint density at radius 2 is 1.79 bits per heavy atom. The molecule has 9 nitrogen and oxygen atoms in total. The molecule has 2 saturated heterocycles. The molecule has 0 spiro atoms. The number of benzene rings is 1. The van der Waals surface area contributed by atoms with Crippen molar-refractivity contribution in [1.29, 1.82) is 0 Å². The van der Waals surface area contributed by atoms with Gasteiger partial charge in [0.25, 0.3) is 5.91 Å². The second kappa shape index (κ2) is 11.7. The molecule has 4 rings (SSSR count). The third kappa shape index (κ3) is 7.35. The monoisotopic (exact) mass is 457 g/mol. The molecule has 0 bridgehead atoms. The number of aromatic nitrogens is 1. The molecule has 9 heteroatoms. The minimum atomic E-state index is -0.345. The summed E-state index contributed by atoms with van der Waals surface area (Å²) < 4.78 is 10.9. The predicted octanol–water partition coefficient (Wildman–Crippen LogP) is 0.724. The summed E-state index contributed by atoms with van der Waals surface area (Å²) in [5.74, 6) is 0.321. The molecule has 0 aliphatic carbocycles. The Bertz CT molecular complexity index is 890. The maximum absolute atomic E-state index is 12.4. The van der Waals surface area contributed by atoms with Gasteiger partial charge in [0.1, 0.15) is 6.26 Å². The smallest absolute Gasteiger partial charge is 0.273 e. The molecule has 180 valence electrons. The summed E-state index contributed by atoms with van der Waals surface area (Å²) in [6.45, 7) is 11.3. The molecule has 33 heavy (non-hydrogen) atoms. The number of hydrogen-bond acceptors (Lipinski definition) is 8. The van der Waals surface area contributed by atoms with Crippen molar-refractivity contribution in [1.82, 2.24) is 25.0 Å². The predicted molar refractivity (Wildman–Crippen MR) is 124 cm³/mol. The number of hydrogen-bond donors (Lipinski definition) is 2. The molecule has 2 aliphatic heterocycles. The van der Waals surface area contributed by atoms with Crippen molar-refractivity contribution in [2.24, 2.45) is 0 Å². The zero-order valence-electron chi connectivity index (χ0n) is 19.4. The maximum atomic E-state index is 12.4. The van der Waals surface area contributed by atoms with Gasteiger partial charge in [-0.15, -0.1) is 0 Å². The first-order valence-electron chi connectivity index (χ1n) is 11.8. The van der Waals surface area contributed by atoms with Crippen molar-refractivity contribution in [2.75, 3.05) is 65.6 Å². The van der Waals surface area contributed by atoms with Crippen LogP contribution in [0.5, 0.6) is 0 Å². The number of aliphatic hydroxyl groups is 1. The van der Waals surface area contributed by atoms with Crippen molar-refractivity contribution >= 4 is 5.91 Å². The molecule has 2 fully saturated rings. The van der Waals surface area contributed by atoms with Crippen LogP contribution in [0.1, 0.15) is 27.5 Å². The van der Waals surface area contributed by atoms with Gasteiger partial charge in [-0.3, -0.25) is 19.5 Å². The van der Waals surface area contributed by atoms with E-state index < -0.39 is 0 Å². The zero-order chi connectivity index (χ0) is 23.0. The van der Waals surface area contributed by atoms with E-state index in [1.165, 1.54) is 6.26 Å². The van der Waals surface area contributed by atoms with Crippen LogP contribution in [0.15, 0.2) is 34.9 Å². The number of β-amino-alcohol motifs (C(OH)–C–C–N with tert-alkyl or cyclic N) is 1. The van der Waals surface area contributed by atoms with Crippen LogP contribution < -0.4 is 5.32 Å². The van der Waals surface area contributed by atoms with Gasteiger partial charge in [0.15, 0.2) is 5.69 Å². The van der Waals surface area contributed by atoms with Crippen LogP contribution >= 0.6 is 0 Å². The molecule has 2 aliphatic rings. The average Bonchev–Trinajstić information content (AvgIpc) is 3.28. The fraction of sp³-hybridized carbons (Fsp3) is 0.583. The van der Waals surface area contributed by atoms with Crippen LogP contribution in [0.25, 0.3) is 0 Å². The van der Waals surface area contributed by atoms with E-state index in [-0.39, 0.29) is 12.0 Å². The van der Waals surface area contributed by atoms with Crippen LogP contribution in [0.4, 0.5) is 0 Å². The van der Waals surface area contributed by atoms with Gasteiger partial charge in [-0.25, -0.2) is 4.98 Å². The summed E-state index contributed by atoms with van der Waals surface area (Å²) in [5.41, 5.74) is 2.53. The van der Waals surface area contributed by atoms with Gasteiger partial charge in [-0.1, -0.05) is 29.8 Å². The quantitative estimate of drug-likeness (QED) is 0.569. The van der Waals surface area contributed by atoms with E-state index in [0.717, 1.165) is 63.6 Å². The normalized spacial score (nSPS) is 19.5. The number of carbonyl (C=O) groups is 1. The van der Waals surface area contributed by atoms with Crippen LogP contribution in [0.2, 0.25) is 0 Å². The Balaban J connectivity index is 1.16. The molecule has 3 heterocycles. The Hall–Kier alpha value is -2.30. The number of nitrogens with one attached hydrogen (secondary N) is 1. The van der Waals surface area contributed by atoms with E-state index in [9.17, 15) is 9.90 Å². The lowest BCUT2D eigenvalue weighted by Crippen LogP contribution is -2.50. The number of oxazole rings is 1. The summed E-state index contributed by atoms with van der Waals surface area (Å²) in [6, 6.07) is 8.05. The van der Waals surface area contributed by atoms with Gasteiger partial charge in [0, 0.05) is 58.9 Å². The maximum Gasteiger partial charge on any atom is 0.273 e. The van der Waals surface area contributed by atoms with E-state index in [0.29, 0.717) is 37.8 Å². The second-order valence-electron chi connectivity index (χ2n) is 8.94. The van der Waals surface area contributed by atoms with E-state index in [1.807, 2.05) is 25.1 Å². The molecule has 1 unspecified atom stereocenters. The summed E-state index contributed by atoms with van der Waals surface area (Å²) in [6.07, 6.45) is 1.08. The zero-order valence-corrected chi connectivity index (χ0v) is 19.4. The van der Waals surface area contributed by atoms with Gasteiger partial charge < -0.3 is 19.6 Å². The third-order valence-corrected chi connectivity index (χ3v) is 6.19. The van der Waals surface area contributed by atoms with Gasteiger partial charge in [-0.05, 0) is 12.5 Å². The first-order valence-corrected chi connectivity index (χ1v) is 11.8. The summed E-state index contributed by atoms with van der Waals surface area (Å²) in [7, 11) is 0. The number of amides is 1. The molecule has 1 aromatic heterocycles. The minimum Gasteiger partial charge on any atom is -0.447 e. The SMILES string of the molecule is Cc1cccc(CNC(=O)c2coc(CN3CCN(CC(O)CN4CCOCC4)CC3)n2)c1. The Morgan fingerprint density at radius 3 is 2.52 bits per heavy atom. The third-order valence-electron chi connectivity index (χ3n) is 6.19. The van der Waals surface area contributed by atoms with E-state index in [4.69, 9.17) is 9.15 Å². The van der Waals surface area contributed by atoms with Crippen LogP contribution in [0, 0.1) is 6.92 Å². The Labute approximate surface area is 195 Å². The van der Waals surface area contributed by atoms with Crippen molar-refractivity contribution in [3.63, 3.8) is 0 Å². The minimum absolute atomic E-state index is 0.231. The molecule has 1 atom stereocenters. The van der Waals surface area contributed by atoms with Crippen molar-refractivity contribution in [3.8, 4) is 0 Å². The highest BCUT2D eigenvalue weighted by molar-refractivity contribution is 5.91. The van der Waals surface area contributed by atoms with Crippen LogP contribution in [-0.4, -0.2) is 102 Å². The lowest BCUT2D eigenvalue weighted by atomic mass is 10.1. The number of aryl methyl sites for hydroxylation is 1. The Kier molecular flexibility index (Phi) is 8.46. The molecule has 2 N–H and O–H groups in total. The van der Waals surface area contributed by atoms with Crippen LogP contribution in [0.3, 0.4) is 0 Å². The highest BCUT2D eigenvalue weighted by Gasteiger charge is 2.23. The first-order chi connectivity index (χ1) is 16.0. The average molecular weight is 458 g/mol. The van der Waals surface area contributed by atoms with Crippen LogP contribution in [-0.2, 0) is 17.8 Å². The first kappa shape index (κ1) is 23.8. The fourth-order valence-electron chi connectivity index (χ4n) is 4.34. The van der Waals surface area contributed by atoms with E-state index >= 15 is 0 Å². The lowest BCUT2D eigenvalue weighted by molar-refractivity contribution is 0.00187. The molecular weight excluding hydrogens is 422 g/mol. The molecule has 1 amide bonds. The second-order valence-corrected chi connectivity index (χ2v) is 8.94. The standard InChI is InChI=1S/C24H35N5O4/c1-19-3-2-4-20(13-19)14-25-24(31)22-18-33-23(26-22)17-28-7-5-27(6-8-28)15-21(30)16-29-9-11-32-12-10-29/h2-4,13,18,21,30H,5-12,14-17H2,1H3,(H,25,31). The van der Waals surface area contributed by atoms with Gasteiger partial charge >= 0.3 is 0 Å². The number of nitrogens with zero attached hydrogens (tertiary/aromatic N) is 4. The number of piperazine rings is 1. The molecular formula is C24H35N5O4. The molecule has 2 aromatic rings. The number of carbonyl (C=O) groups excluding carboxylic acids is 1.